The van der Waals surface area contributed by atoms with Crippen LogP contribution in [0.5, 0.6) is 5.75 Å². The Bertz CT molecular complexity index is 2980. The first-order valence-electron chi connectivity index (χ1n) is 30.3. The molecule has 27 heteroatoms. The Morgan fingerprint density at radius 2 is 1.61 bits per heavy atom. The first kappa shape index (κ1) is 70.8. The molecule has 0 bridgehead atoms. The Morgan fingerprint density at radius 1 is 0.910 bits per heavy atom. The number of likely N-dealkylation sites (N-methyl/N-ethyl adjacent to an activating group) is 2. The Kier molecular flexibility index (Phi) is 25.9. The zero-order valence-corrected chi connectivity index (χ0v) is 52.6. The Balaban J connectivity index is 1.20. The van der Waals surface area contributed by atoms with E-state index in [1.54, 1.807) is 36.4 Å². The number of nitrogens with one attached hydrogen (secondary N) is 4. The van der Waals surface area contributed by atoms with Gasteiger partial charge in [-0.3, -0.25) is 43.3 Å². The average molecular weight is 1260 g/mol. The molecular weight excluding hydrogens is 1170 g/mol. The highest BCUT2D eigenvalue weighted by Crippen LogP contribution is 2.35. The summed E-state index contributed by atoms with van der Waals surface area (Å²) in [6.45, 7) is 11.8. The van der Waals surface area contributed by atoms with Crippen LogP contribution < -0.4 is 31.7 Å². The van der Waals surface area contributed by atoms with Crippen molar-refractivity contribution in [3.05, 3.63) is 87.9 Å². The zero-order valence-electron chi connectivity index (χ0n) is 51.7. The molecular formula is C62H88N9O17S+. The van der Waals surface area contributed by atoms with Crippen LogP contribution in [-0.4, -0.2) is 199 Å². The molecule has 89 heavy (non-hydrogen) atoms. The number of quaternary nitrogens is 1. The van der Waals surface area contributed by atoms with Crippen LogP contribution in [0.4, 0.5) is 5.69 Å². The minimum atomic E-state index is -2.02. The van der Waals surface area contributed by atoms with E-state index in [4.69, 9.17) is 24.9 Å². The smallest absolute Gasteiger partial charge is 0.335 e. The van der Waals surface area contributed by atoms with Gasteiger partial charge >= 0.3 is 11.9 Å². The van der Waals surface area contributed by atoms with Crippen molar-refractivity contribution in [1.29, 1.82) is 0 Å². The highest BCUT2D eigenvalue weighted by Gasteiger charge is 2.49. The molecule has 1 unspecified atom stereocenters. The number of hydrogen-bond donors (Lipinski definition) is 10. The summed E-state index contributed by atoms with van der Waals surface area (Å²) in [5, 5.41) is 64.8. The van der Waals surface area contributed by atoms with Crippen molar-refractivity contribution in [1.82, 2.24) is 30.7 Å². The van der Waals surface area contributed by atoms with Crippen LogP contribution in [0.1, 0.15) is 126 Å². The maximum Gasteiger partial charge on any atom is 0.335 e. The topological polar surface area (TPSA) is 376 Å². The summed E-state index contributed by atoms with van der Waals surface area (Å²) in [5.41, 5.74) is 7.40. The van der Waals surface area contributed by atoms with Gasteiger partial charge in [0.15, 0.2) is 12.1 Å². The van der Waals surface area contributed by atoms with Gasteiger partial charge in [-0.1, -0.05) is 78.3 Å². The van der Waals surface area contributed by atoms with E-state index in [1.807, 2.05) is 72.0 Å². The van der Waals surface area contributed by atoms with Crippen molar-refractivity contribution < 1.29 is 87.4 Å². The maximum atomic E-state index is 15.0. The molecule has 0 aliphatic carbocycles. The second kappa shape index (κ2) is 32.5. The van der Waals surface area contributed by atoms with Crippen molar-refractivity contribution in [2.24, 2.45) is 23.5 Å². The monoisotopic (exact) mass is 1260 g/mol. The lowest BCUT2D eigenvalue weighted by molar-refractivity contribution is -0.942. The molecule has 488 valence electrons. The molecule has 26 nitrogen and oxygen atoms in total. The van der Waals surface area contributed by atoms with E-state index in [9.17, 15) is 63.9 Å². The minimum absolute atomic E-state index is 0.0217. The number of nitrogens with zero attached hydrogens (tertiary/aromatic N) is 4. The summed E-state index contributed by atoms with van der Waals surface area (Å²) in [5.74, 6) is -7.94. The number of nitrogens with two attached hydrogens (primary N) is 1. The molecule has 7 amide bonds. The number of carboxylic acids is 2. The van der Waals surface area contributed by atoms with Crippen molar-refractivity contribution in [3.63, 3.8) is 0 Å². The molecule has 3 aromatic rings. The lowest BCUT2D eigenvalue weighted by Gasteiger charge is -2.44. The van der Waals surface area contributed by atoms with Gasteiger partial charge in [-0.25, -0.2) is 9.78 Å². The Hall–Kier alpha value is -7.24. The number of likely N-dealkylation sites (tertiary alicyclic amines) is 1. The number of benzene rings is 2. The van der Waals surface area contributed by atoms with E-state index in [-0.39, 0.29) is 71.2 Å². The predicted octanol–water partition coefficient (Wildman–Crippen LogP) is 2.63. The van der Waals surface area contributed by atoms with E-state index in [0.29, 0.717) is 67.1 Å². The fourth-order valence-corrected chi connectivity index (χ4v) is 12.3. The number of rotatable bonds is 32. The first-order valence-corrected chi connectivity index (χ1v) is 31.2. The van der Waals surface area contributed by atoms with Gasteiger partial charge in [-0.2, -0.15) is 0 Å². The van der Waals surface area contributed by atoms with Crippen molar-refractivity contribution in [3.8, 4) is 5.75 Å². The van der Waals surface area contributed by atoms with E-state index < -0.39 is 121 Å². The third kappa shape index (κ3) is 18.5. The molecule has 2 saturated heterocycles. The summed E-state index contributed by atoms with van der Waals surface area (Å²) in [6, 6.07) is 10.2. The number of carboxylic acid groups (broad SMARTS) is 2. The van der Waals surface area contributed by atoms with Crippen molar-refractivity contribution in [2.75, 3.05) is 45.7 Å². The molecule has 1 aromatic heterocycles. The Labute approximate surface area is 522 Å². The molecule has 4 heterocycles. The van der Waals surface area contributed by atoms with Gasteiger partial charge in [0, 0.05) is 81.2 Å². The molecule has 11 N–H and O–H groups in total. The highest BCUT2D eigenvalue weighted by atomic mass is 32.1. The fourth-order valence-electron chi connectivity index (χ4n) is 11.5. The SMILES string of the molecule is CCCO[C@H](C[C@H](C(C)C)N(C)C(=O)[C@@H](NC(=O)[C@H]1CCCC[N+]1(C)Cc1ccc(O[C@@H]2O[C@H](C(=O)O)[C@@H](O)[C@@H](O)[C@@H]2O)c(NC(=O)CCNC(=O)[C@H](CN)N2C(=O)C=CC2=O)c1)[C@@H](C)CC)c1nc(C(=O)N[C@@H](Cc2ccccc2)C[C@H](C)C(=O)O)cs1. The number of carbonyl (C=O) groups is 9. The lowest BCUT2D eigenvalue weighted by Crippen LogP contribution is -2.63. The fraction of sp³-hybridized carbons (Fsp3) is 0.581. The second-order valence-electron chi connectivity index (χ2n) is 23.9. The number of aliphatic hydroxyl groups excluding tert-OH is 3. The molecule has 3 aliphatic rings. The average Bonchev–Trinajstić information content (AvgIpc) is 1.95. The molecule has 2 aromatic carbocycles. The lowest BCUT2D eigenvalue weighted by atomic mass is 9.92. The largest absolute Gasteiger partial charge is 0.481 e. The third-order valence-electron chi connectivity index (χ3n) is 16.8. The zero-order chi connectivity index (χ0) is 65.4. The molecule has 0 radical (unpaired) electrons. The van der Waals surface area contributed by atoms with Crippen molar-refractivity contribution >= 4 is 70.3 Å². The third-order valence-corrected chi connectivity index (χ3v) is 17.8. The quantitative estimate of drug-likeness (QED) is 0.0317. The first-order chi connectivity index (χ1) is 42.2. The number of aromatic nitrogens is 1. The number of hydrogen-bond acceptors (Lipinski definition) is 18. The number of aliphatic carboxylic acids is 2. The number of carbonyl (C=O) groups excluding carboxylic acids is 7. The van der Waals surface area contributed by atoms with E-state index in [0.717, 1.165) is 24.1 Å². The summed E-state index contributed by atoms with van der Waals surface area (Å²) in [7, 11) is 3.63. The van der Waals surface area contributed by atoms with Crippen LogP contribution in [0.3, 0.4) is 0 Å². The highest BCUT2D eigenvalue weighted by molar-refractivity contribution is 7.09. The second-order valence-corrected chi connectivity index (χ2v) is 24.8. The molecule has 2 fully saturated rings. The van der Waals surface area contributed by atoms with Crippen LogP contribution in [0.25, 0.3) is 0 Å². The van der Waals surface area contributed by atoms with E-state index in [1.165, 1.54) is 17.4 Å². The van der Waals surface area contributed by atoms with E-state index >= 15 is 4.79 Å². The van der Waals surface area contributed by atoms with Crippen LogP contribution in [-0.2, 0) is 60.8 Å². The van der Waals surface area contributed by atoms with Gasteiger partial charge in [-0.05, 0) is 67.7 Å². The van der Waals surface area contributed by atoms with E-state index in [2.05, 4.69) is 21.3 Å². The van der Waals surface area contributed by atoms with Gasteiger partial charge in [-0.15, -0.1) is 11.3 Å². The summed E-state index contributed by atoms with van der Waals surface area (Å²) in [6.07, 6.45) is -4.74. The number of thiazole rings is 1. The van der Waals surface area contributed by atoms with Crippen molar-refractivity contribution in [2.45, 2.75) is 173 Å². The summed E-state index contributed by atoms with van der Waals surface area (Å²) in [4.78, 5) is 126. The summed E-state index contributed by atoms with van der Waals surface area (Å²) < 4.78 is 17.9. The normalized spacial score (nSPS) is 23.3. The molecule has 6 rings (SSSR count). The number of ether oxygens (including phenoxy) is 3. The standard InChI is InChI=1S/C62H87N9O17S/c1-9-26-86-46(58-67-41(33-89-58)55(78)65-39(27-36(6)60(82)83)28-37-16-12-11-13-17-37)30-42(34(3)4)69(7)59(81)50(35(5)10-2)68-57(80)44-18-14-15-25-71(44,8)32-38-19-20-45(87-62-53(77)51(75)52(76)54(88-62)61(84)85)40(29-38)66-47(72)23-24-64-56(79)43(31-63)70-48(73)21-22-49(70)74/h11-13,16-17,19-22,29,33-36,39,42-44,46,50-54,62,75-77H,9-10,14-15,18,23-28,30-32,63H2,1-8H3,(H5-,64,65,66,68,72,78,79,80,82,83,84,85)/p+1/t35-,36-,39+,42+,43-,44+,46+,50-,51+,52-,53-,54-,62+,71?/m0/s1. The molecule has 0 saturated carbocycles. The predicted molar refractivity (Wildman–Crippen MR) is 325 cm³/mol. The van der Waals surface area contributed by atoms with Crippen LogP contribution in [0, 0.1) is 17.8 Å². The Morgan fingerprint density at radius 3 is 2.24 bits per heavy atom. The summed E-state index contributed by atoms with van der Waals surface area (Å²) >= 11 is 1.26. The minimum Gasteiger partial charge on any atom is -0.481 e. The molecule has 3 aliphatic heterocycles. The molecule has 14 atom stereocenters. The number of imide groups is 1. The van der Waals surface area contributed by atoms with Crippen LogP contribution in [0.2, 0.25) is 0 Å². The van der Waals surface area contributed by atoms with Gasteiger partial charge in [0.2, 0.25) is 24.0 Å². The molecule has 0 spiro atoms. The number of anilines is 1. The van der Waals surface area contributed by atoms with Gasteiger partial charge in [0.05, 0.1) is 25.2 Å². The maximum absolute atomic E-state index is 15.0. The number of aliphatic hydroxyl groups is 3. The van der Waals surface area contributed by atoms with Crippen LogP contribution >= 0.6 is 11.3 Å². The number of amides is 7. The van der Waals surface area contributed by atoms with Gasteiger partial charge in [0.1, 0.15) is 59.5 Å². The van der Waals surface area contributed by atoms with Gasteiger partial charge in [0.25, 0.3) is 23.6 Å². The van der Waals surface area contributed by atoms with Gasteiger partial charge < -0.3 is 76.1 Å². The van der Waals surface area contributed by atoms with Crippen LogP contribution in [0.15, 0.2) is 66.1 Å². The number of piperidine rings is 1.